The lowest BCUT2D eigenvalue weighted by molar-refractivity contribution is -0.394. The normalized spacial score (nSPS) is 12.5. The molecular weight excluding hydrogens is 328 g/mol. The van der Waals surface area contributed by atoms with Gasteiger partial charge in [-0.2, -0.15) is 0 Å². The number of fused-ring (bicyclic) bond motifs is 1. The van der Waals surface area contributed by atoms with Crippen LogP contribution in [0.5, 0.6) is 5.75 Å². The van der Waals surface area contributed by atoms with Crippen LogP contribution in [-0.4, -0.2) is 47.2 Å². The Morgan fingerprint density at radius 3 is 2.46 bits per heavy atom. The van der Waals surface area contributed by atoms with Gasteiger partial charge in [0.05, 0.1) is 9.85 Å². The number of ether oxygens (including phenoxy) is 1. The van der Waals surface area contributed by atoms with Crippen molar-refractivity contribution in [2.75, 3.05) is 25.1 Å². The average Bonchev–Trinajstić information content (AvgIpc) is 2.95. The molecule has 0 atom stereocenters. The molecule has 0 saturated heterocycles. The highest BCUT2D eigenvalue weighted by atomic mass is 16.6. The van der Waals surface area contributed by atoms with Crippen molar-refractivity contribution in [3.63, 3.8) is 0 Å². The Hall–Kier alpha value is -3.44. The summed E-state index contributed by atoms with van der Waals surface area (Å²) in [7, 11) is 1.33. The largest absolute Gasteiger partial charge is 0.479 e. The zero-order chi connectivity index (χ0) is 18.0. The van der Waals surface area contributed by atoms with Gasteiger partial charge in [-0.3, -0.25) is 25.1 Å². The molecule has 1 aromatic carbocycles. The number of nitrogens with zero attached hydrogens (tertiary/aromatic N) is 3. The van der Waals surface area contributed by atoms with Gasteiger partial charge in [0.1, 0.15) is 11.8 Å². The number of anilines is 1. The average molecular weight is 340 g/mol. The number of carbonyl (C=O) groups is 2. The van der Waals surface area contributed by atoms with Crippen LogP contribution in [0.25, 0.3) is 0 Å². The number of nitro benzene ring substituents is 2. The highest BCUT2D eigenvalue weighted by molar-refractivity contribution is 5.98. The lowest BCUT2D eigenvalue weighted by Crippen LogP contribution is -2.37. The van der Waals surface area contributed by atoms with Crippen molar-refractivity contribution in [1.29, 1.82) is 0 Å². The summed E-state index contributed by atoms with van der Waals surface area (Å²) in [6, 6.07) is 0.0342. The molecule has 0 aliphatic carbocycles. The molecule has 1 heterocycles. The standard InChI is InChI=1S/C12H12N4O8/c1-13-12(19)14-3-2-6-10(14)7(15(20)21)4-8(16(22)23)11(6)24-5-9(17)18/h4H,2-3,5H2,1H3,(H,13,19)(H,17,18). The maximum absolute atomic E-state index is 11.9. The Labute approximate surface area is 133 Å². The molecule has 0 bridgehead atoms. The molecule has 128 valence electrons. The lowest BCUT2D eigenvalue weighted by atomic mass is 10.1. The van der Waals surface area contributed by atoms with Crippen LogP contribution in [0.1, 0.15) is 5.56 Å². The minimum Gasteiger partial charge on any atom is -0.479 e. The van der Waals surface area contributed by atoms with E-state index in [1.165, 1.54) is 7.05 Å². The zero-order valence-corrected chi connectivity index (χ0v) is 12.3. The van der Waals surface area contributed by atoms with Gasteiger partial charge in [0.25, 0.3) is 5.69 Å². The molecule has 1 aliphatic rings. The first-order valence-electron chi connectivity index (χ1n) is 6.60. The van der Waals surface area contributed by atoms with E-state index < -0.39 is 39.8 Å². The second-order valence-corrected chi connectivity index (χ2v) is 4.72. The van der Waals surface area contributed by atoms with E-state index >= 15 is 0 Å². The van der Waals surface area contributed by atoms with Gasteiger partial charge in [0.2, 0.25) is 5.75 Å². The number of carboxylic acids is 1. The van der Waals surface area contributed by atoms with Crippen LogP contribution in [-0.2, 0) is 11.2 Å². The van der Waals surface area contributed by atoms with Gasteiger partial charge in [0, 0.05) is 19.2 Å². The Balaban J connectivity index is 2.69. The van der Waals surface area contributed by atoms with Gasteiger partial charge in [-0.25, -0.2) is 9.59 Å². The van der Waals surface area contributed by atoms with Crippen LogP contribution in [0.4, 0.5) is 21.9 Å². The fourth-order valence-electron chi connectivity index (χ4n) is 2.46. The van der Waals surface area contributed by atoms with Crippen molar-refractivity contribution in [3.8, 4) is 5.75 Å². The van der Waals surface area contributed by atoms with E-state index in [-0.39, 0.29) is 30.0 Å². The zero-order valence-electron chi connectivity index (χ0n) is 12.3. The minimum atomic E-state index is -1.36. The predicted molar refractivity (Wildman–Crippen MR) is 78.4 cm³/mol. The minimum absolute atomic E-state index is 0.0421. The number of urea groups is 1. The van der Waals surface area contributed by atoms with Crippen LogP contribution < -0.4 is 15.0 Å². The van der Waals surface area contributed by atoms with E-state index in [9.17, 15) is 29.8 Å². The Kier molecular flexibility index (Phi) is 4.48. The molecular formula is C12H12N4O8. The number of benzene rings is 1. The van der Waals surface area contributed by atoms with Crippen LogP contribution in [0, 0.1) is 20.2 Å². The molecule has 0 spiro atoms. The number of nitrogens with one attached hydrogen (secondary N) is 1. The number of nitro groups is 2. The van der Waals surface area contributed by atoms with Crippen LogP contribution in [0.2, 0.25) is 0 Å². The van der Waals surface area contributed by atoms with Gasteiger partial charge in [-0.05, 0) is 6.42 Å². The topological polar surface area (TPSA) is 165 Å². The molecule has 0 saturated carbocycles. The summed E-state index contributed by atoms with van der Waals surface area (Å²) >= 11 is 0. The summed E-state index contributed by atoms with van der Waals surface area (Å²) in [5, 5.41) is 33.4. The SMILES string of the molecule is CNC(=O)N1CCc2c(OCC(=O)O)c([N+](=O)[O-])cc([N+](=O)[O-])c21. The van der Waals surface area contributed by atoms with E-state index in [2.05, 4.69) is 5.32 Å². The van der Waals surface area contributed by atoms with E-state index in [0.29, 0.717) is 6.07 Å². The van der Waals surface area contributed by atoms with E-state index in [1.54, 1.807) is 0 Å². The maximum atomic E-state index is 11.9. The van der Waals surface area contributed by atoms with Gasteiger partial charge in [0.15, 0.2) is 6.61 Å². The molecule has 0 aromatic heterocycles. The van der Waals surface area contributed by atoms with Gasteiger partial charge in [-0.1, -0.05) is 0 Å². The van der Waals surface area contributed by atoms with Gasteiger partial charge in [-0.15, -0.1) is 0 Å². The molecule has 0 unspecified atom stereocenters. The van der Waals surface area contributed by atoms with E-state index in [4.69, 9.17) is 9.84 Å². The maximum Gasteiger partial charge on any atom is 0.341 e. The van der Waals surface area contributed by atoms with Crippen LogP contribution >= 0.6 is 0 Å². The molecule has 2 amide bonds. The summed E-state index contributed by atoms with van der Waals surface area (Å²) in [4.78, 5) is 44.3. The number of carbonyl (C=O) groups excluding carboxylic acids is 1. The van der Waals surface area contributed by atoms with Crippen LogP contribution in [0.15, 0.2) is 6.07 Å². The Morgan fingerprint density at radius 2 is 1.96 bits per heavy atom. The quantitative estimate of drug-likeness (QED) is 0.582. The highest BCUT2D eigenvalue weighted by Gasteiger charge is 2.39. The lowest BCUT2D eigenvalue weighted by Gasteiger charge is -2.17. The number of aliphatic carboxylic acids is 1. The van der Waals surface area contributed by atoms with Crippen molar-refractivity contribution in [3.05, 3.63) is 31.9 Å². The molecule has 1 aromatic rings. The van der Waals surface area contributed by atoms with Crippen molar-refractivity contribution in [2.24, 2.45) is 0 Å². The van der Waals surface area contributed by atoms with E-state index in [1.807, 2.05) is 0 Å². The van der Waals surface area contributed by atoms with Crippen molar-refractivity contribution < 1.29 is 29.3 Å². The summed E-state index contributed by atoms with van der Waals surface area (Å²) in [5.74, 6) is -1.74. The molecule has 2 rings (SSSR count). The second-order valence-electron chi connectivity index (χ2n) is 4.72. The van der Waals surface area contributed by atoms with Crippen molar-refractivity contribution in [2.45, 2.75) is 6.42 Å². The van der Waals surface area contributed by atoms with Crippen molar-refractivity contribution >= 4 is 29.1 Å². The van der Waals surface area contributed by atoms with E-state index in [0.717, 1.165) is 4.90 Å². The van der Waals surface area contributed by atoms with Gasteiger partial charge >= 0.3 is 17.7 Å². The number of carboxylic acid groups (broad SMARTS) is 1. The molecule has 2 N–H and O–H groups in total. The fourth-order valence-corrected chi connectivity index (χ4v) is 2.46. The third-order valence-electron chi connectivity index (χ3n) is 3.36. The summed E-state index contributed by atoms with van der Waals surface area (Å²) in [6.45, 7) is -0.814. The molecule has 12 heteroatoms. The molecule has 0 radical (unpaired) electrons. The first-order valence-corrected chi connectivity index (χ1v) is 6.60. The first kappa shape index (κ1) is 16.9. The van der Waals surface area contributed by atoms with Crippen molar-refractivity contribution in [1.82, 2.24) is 5.32 Å². The predicted octanol–water partition coefficient (Wildman–Crippen LogP) is 0.668. The fraction of sp³-hybridized carbons (Fsp3) is 0.333. The number of hydrogen-bond acceptors (Lipinski definition) is 7. The third-order valence-corrected chi connectivity index (χ3v) is 3.36. The number of amides is 2. The summed E-state index contributed by atoms with van der Waals surface area (Å²) < 4.78 is 4.98. The molecule has 12 nitrogen and oxygen atoms in total. The second kappa shape index (κ2) is 6.36. The molecule has 24 heavy (non-hydrogen) atoms. The Morgan fingerprint density at radius 1 is 1.33 bits per heavy atom. The third kappa shape index (κ3) is 2.88. The highest BCUT2D eigenvalue weighted by Crippen LogP contribution is 2.47. The number of hydrogen-bond donors (Lipinski definition) is 2. The van der Waals surface area contributed by atoms with Crippen LogP contribution in [0.3, 0.4) is 0 Å². The first-order chi connectivity index (χ1) is 11.3. The molecule has 1 aliphatic heterocycles. The number of rotatable bonds is 5. The van der Waals surface area contributed by atoms with Gasteiger partial charge < -0.3 is 15.2 Å². The smallest absolute Gasteiger partial charge is 0.341 e. The summed E-state index contributed by atoms with van der Waals surface area (Å²) in [5.41, 5.74) is -1.42. The Bertz CT molecular complexity index is 747. The monoisotopic (exact) mass is 340 g/mol. The molecule has 0 fully saturated rings. The summed E-state index contributed by atoms with van der Waals surface area (Å²) in [6.07, 6.45) is 0.0558.